The van der Waals surface area contributed by atoms with Gasteiger partial charge >= 0.3 is 6.18 Å². The van der Waals surface area contributed by atoms with E-state index in [2.05, 4.69) is 4.72 Å². The first-order valence-electron chi connectivity index (χ1n) is 6.02. The Morgan fingerprint density at radius 1 is 1.33 bits per heavy atom. The van der Waals surface area contributed by atoms with Crippen molar-refractivity contribution in [3.63, 3.8) is 0 Å². The highest BCUT2D eigenvalue weighted by molar-refractivity contribution is 7.88. The molecule has 0 saturated carbocycles. The Morgan fingerprint density at radius 3 is 2.57 bits per heavy atom. The van der Waals surface area contributed by atoms with Gasteiger partial charge in [-0.15, -0.1) is 0 Å². The maximum Gasteiger partial charge on any atom is 0.389 e. The fraction of sp³-hybridized carbons (Fsp3) is 0.417. The molecule has 0 aliphatic heterocycles. The summed E-state index contributed by atoms with van der Waals surface area (Å²) in [6.45, 7) is -0.253. The first kappa shape index (κ1) is 17.9. The number of hydrogen-bond acceptors (Lipinski definition) is 3. The minimum absolute atomic E-state index is 0.146. The van der Waals surface area contributed by atoms with Crippen LogP contribution in [-0.2, 0) is 15.8 Å². The zero-order valence-corrected chi connectivity index (χ0v) is 12.6. The summed E-state index contributed by atoms with van der Waals surface area (Å²) in [5.41, 5.74) is 6.44. The van der Waals surface area contributed by atoms with Gasteiger partial charge in [0.15, 0.2) is 0 Å². The Kier molecular flexibility index (Phi) is 6.11. The second kappa shape index (κ2) is 7.19. The topological polar surface area (TPSA) is 72.2 Å². The van der Waals surface area contributed by atoms with Crippen LogP contribution in [0.1, 0.15) is 24.0 Å². The van der Waals surface area contributed by atoms with Gasteiger partial charge in [0, 0.05) is 18.5 Å². The van der Waals surface area contributed by atoms with Crippen LogP contribution >= 0.6 is 12.2 Å². The molecule has 0 atom stereocenters. The van der Waals surface area contributed by atoms with Crippen molar-refractivity contribution in [3.05, 3.63) is 35.4 Å². The van der Waals surface area contributed by atoms with Gasteiger partial charge in [-0.25, -0.2) is 13.1 Å². The lowest BCUT2D eigenvalue weighted by atomic mass is 10.1. The molecule has 118 valence electrons. The summed E-state index contributed by atoms with van der Waals surface area (Å²) >= 11 is 4.79. The monoisotopic (exact) mass is 340 g/mol. The molecule has 1 aromatic carbocycles. The van der Waals surface area contributed by atoms with Gasteiger partial charge in [0.05, 0.1) is 5.75 Å². The van der Waals surface area contributed by atoms with Gasteiger partial charge < -0.3 is 5.73 Å². The predicted octanol–water partition coefficient (Wildman–Crippen LogP) is 2.08. The average molecular weight is 340 g/mol. The van der Waals surface area contributed by atoms with Crippen molar-refractivity contribution in [2.75, 3.05) is 6.54 Å². The first-order chi connectivity index (χ1) is 9.59. The molecule has 0 aliphatic carbocycles. The van der Waals surface area contributed by atoms with Crippen molar-refractivity contribution < 1.29 is 21.6 Å². The smallest absolute Gasteiger partial charge is 0.389 e. The largest absolute Gasteiger partial charge is 0.389 e. The summed E-state index contributed by atoms with van der Waals surface area (Å²) in [7, 11) is -3.70. The number of sulfonamides is 1. The van der Waals surface area contributed by atoms with Crippen molar-refractivity contribution in [3.8, 4) is 0 Å². The zero-order chi connectivity index (χ0) is 16.1. The molecule has 1 rings (SSSR count). The molecule has 0 heterocycles. The molecule has 0 unspecified atom stereocenters. The van der Waals surface area contributed by atoms with E-state index in [-0.39, 0.29) is 23.7 Å². The molecule has 0 bridgehead atoms. The Hall–Kier alpha value is -1.19. The number of hydrogen-bond donors (Lipinski definition) is 2. The van der Waals surface area contributed by atoms with Crippen molar-refractivity contribution in [1.29, 1.82) is 0 Å². The SMILES string of the molecule is NC(=S)c1cccc(CS(=O)(=O)NCCCC(F)(F)F)c1. The van der Waals surface area contributed by atoms with Crippen LogP contribution in [0.2, 0.25) is 0 Å². The van der Waals surface area contributed by atoms with Crippen LogP contribution in [0.3, 0.4) is 0 Å². The molecule has 0 amide bonds. The summed E-state index contributed by atoms with van der Waals surface area (Å²) in [6.07, 6.45) is -5.60. The third-order valence-corrected chi connectivity index (χ3v) is 4.12. The highest BCUT2D eigenvalue weighted by Gasteiger charge is 2.26. The van der Waals surface area contributed by atoms with Crippen LogP contribution in [0.5, 0.6) is 0 Å². The Bertz CT molecular complexity index is 601. The molecule has 0 saturated heterocycles. The van der Waals surface area contributed by atoms with Crippen molar-refractivity contribution in [2.45, 2.75) is 24.8 Å². The molecule has 0 spiro atoms. The van der Waals surface area contributed by atoms with Crippen LogP contribution in [0.25, 0.3) is 0 Å². The quantitative estimate of drug-likeness (QED) is 0.589. The minimum Gasteiger partial charge on any atom is -0.389 e. The van der Waals surface area contributed by atoms with Crippen molar-refractivity contribution >= 4 is 27.2 Å². The highest BCUT2D eigenvalue weighted by atomic mass is 32.2. The number of nitrogens with two attached hydrogens (primary N) is 1. The van der Waals surface area contributed by atoms with E-state index in [0.717, 1.165) is 0 Å². The maximum absolute atomic E-state index is 11.9. The van der Waals surface area contributed by atoms with E-state index >= 15 is 0 Å². The van der Waals surface area contributed by atoms with E-state index in [4.69, 9.17) is 18.0 Å². The molecule has 4 nitrogen and oxygen atoms in total. The van der Waals surface area contributed by atoms with E-state index in [1.807, 2.05) is 0 Å². The number of rotatable bonds is 7. The molecular formula is C12H15F3N2O2S2. The summed E-state index contributed by atoms with van der Waals surface area (Å²) in [5.74, 6) is -0.338. The second-order valence-electron chi connectivity index (χ2n) is 4.44. The molecule has 0 aliphatic rings. The molecule has 3 N–H and O–H groups in total. The number of thiocarbonyl (C=S) groups is 1. The van der Waals surface area contributed by atoms with Gasteiger partial charge in [0.2, 0.25) is 10.0 Å². The van der Waals surface area contributed by atoms with Crippen LogP contribution in [0.15, 0.2) is 24.3 Å². The average Bonchev–Trinajstić information content (AvgIpc) is 2.33. The lowest BCUT2D eigenvalue weighted by Gasteiger charge is -2.09. The third-order valence-electron chi connectivity index (χ3n) is 2.53. The van der Waals surface area contributed by atoms with Crippen LogP contribution in [0.4, 0.5) is 13.2 Å². The number of benzene rings is 1. The lowest BCUT2D eigenvalue weighted by molar-refractivity contribution is -0.135. The van der Waals surface area contributed by atoms with Gasteiger partial charge in [-0.2, -0.15) is 13.2 Å². The zero-order valence-electron chi connectivity index (χ0n) is 11.0. The van der Waals surface area contributed by atoms with Gasteiger partial charge in [0.25, 0.3) is 0 Å². The van der Waals surface area contributed by atoms with Gasteiger partial charge in [-0.1, -0.05) is 30.4 Å². The lowest BCUT2D eigenvalue weighted by Crippen LogP contribution is -2.27. The van der Waals surface area contributed by atoms with Gasteiger partial charge in [-0.05, 0) is 18.1 Å². The van der Waals surface area contributed by atoms with E-state index in [1.54, 1.807) is 18.2 Å². The Balaban J connectivity index is 2.56. The van der Waals surface area contributed by atoms with Crippen molar-refractivity contribution in [2.24, 2.45) is 5.73 Å². The van der Waals surface area contributed by atoms with Crippen LogP contribution in [0, 0.1) is 0 Å². The molecule has 0 aromatic heterocycles. The standard InChI is InChI=1S/C12H15F3N2O2S2/c13-12(14,15)5-2-6-17-21(18,19)8-9-3-1-4-10(7-9)11(16)20/h1,3-4,7,17H,2,5-6,8H2,(H2,16,20). The predicted molar refractivity (Wildman–Crippen MR) is 78.2 cm³/mol. The number of alkyl halides is 3. The minimum atomic E-state index is -4.28. The summed E-state index contributed by atoms with van der Waals surface area (Å²) in [6, 6.07) is 6.38. The summed E-state index contributed by atoms with van der Waals surface area (Å²) in [4.78, 5) is 0.146. The molecule has 9 heteroatoms. The number of halogens is 3. The Morgan fingerprint density at radius 2 is 2.00 bits per heavy atom. The Labute approximate surface area is 126 Å². The van der Waals surface area contributed by atoms with E-state index < -0.39 is 22.6 Å². The second-order valence-corrected chi connectivity index (χ2v) is 6.68. The fourth-order valence-electron chi connectivity index (χ4n) is 1.60. The highest BCUT2D eigenvalue weighted by Crippen LogP contribution is 2.20. The van der Waals surface area contributed by atoms with Crippen LogP contribution in [-0.4, -0.2) is 26.1 Å². The first-order valence-corrected chi connectivity index (χ1v) is 8.08. The van der Waals surface area contributed by atoms with Gasteiger partial charge in [-0.3, -0.25) is 0 Å². The molecule has 0 radical (unpaired) electrons. The summed E-state index contributed by atoms with van der Waals surface area (Å²) < 4.78 is 61.5. The number of nitrogens with one attached hydrogen (secondary N) is 1. The van der Waals surface area contributed by atoms with Crippen molar-refractivity contribution in [1.82, 2.24) is 4.72 Å². The molecule has 0 fully saturated rings. The fourth-order valence-corrected chi connectivity index (χ4v) is 2.90. The van der Waals surface area contributed by atoms with E-state index in [0.29, 0.717) is 11.1 Å². The maximum atomic E-state index is 11.9. The van der Waals surface area contributed by atoms with E-state index in [9.17, 15) is 21.6 Å². The molecular weight excluding hydrogens is 325 g/mol. The molecule has 1 aromatic rings. The van der Waals surface area contributed by atoms with E-state index in [1.165, 1.54) is 6.07 Å². The molecule has 21 heavy (non-hydrogen) atoms. The normalized spacial score (nSPS) is 12.3. The summed E-state index contributed by atoms with van der Waals surface area (Å²) in [5, 5.41) is 0. The van der Waals surface area contributed by atoms with Crippen LogP contribution < -0.4 is 10.5 Å². The van der Waals surface area contributed by atoms with Gasteiger partial charge in [0.1, 0.15) is 4.99 Å². The third kappa shape index (κ3) is 7.39.